The summed E-state index contributed by atoms with van der Waals surface area (Å²) in [4.78, 5) is 12.2. The van der Waals surface area contributed by atoms with Gasteiger partial charge in [-0.15, -0.1) is 0 Å². The molecule has 0 bridgehead atoms. The van der Waals surface area contributed by atoms with Crippen molar-refractivity contribution in [3.63, 3.8) is 0 Å². The summed E-state index contributed by atoms with van der Waals surface area (Å²) in [5, 5.41) is 5.91. The van der Waals surface area contributed by atoms with Crippen LogP contribution in [0.2, 0.25) is 5.02 Å². The van der Waals surface area contributed by atoms with Crippen LogP contribution in [0, 0.1) is 0 Å². The molecule has 1 atom stereocenters. The van der Waals surface area contributed by atoms with Crippen molar-refractivity contribution < 1.29 is 4.42 Å². The fraction of sp³-hybridized carbons (Fsp3) is 0.111. The van der Waals surface area contributed by atoms with Crippen molar-refractivity contribution in [1.82, 2.24) is 5.43 Å². The smallest absolute Gasteiger partial charge is 0.345 e. The third kappa shape index (κ3) is 2.62. The van der Waals surface area contributed by atoms with E-state index < -0.39 is 0 Å². The van der Waals surface area contributed by atoms with Crippen LogP contribution in [0.4, 0.5) is 0 Å². The third-order valence-electron chi connectivity index (χ3n) is 3.98. The van der Waals surface area contributed by atoms with Gasteiger partial charge in [0.2, 0.25) is 0 Å². The van der Waals surface area contributed by atoms with Gasteiger partial charge in [0.15, 0.2) is 0 Å². The molecule has 1 N–H and O–H groups in total. The number of benzene rings is 2. The van der Waals surface area contributed by atoms with E-state index in [1.165, 1.54) is 0 Å². The molecule has 4 rings (SSSR count). The Labute approximate surface area is 137 Å². The molecule has 2 heterocycles. The van der Waals surface area contributed by atoms with Crippen LogP contribution < -0.4 is 11.1 Å². The molecule has 1 aromatic heterocycles. The molecule has 0 fully saturated rings. The molecule has 0 aliphatic carbocycles. The summed E-state index contributed by atoms with van der Waals surface area (Å²) < 4.78 is 5.38. The lowest BCUT2D eigenvalue weighted by Crippen LogP contribution is -2.14. The predicted molar refractivity (Wildman–Crippen MR) is 91.0 cm³/mol. The van der Waals surface area contributed by atoms with Crippen LogP contribution in [-0.2, 0) is 0 Å². The summed E-state index contributed by atoms with van der Waals surface area (Å²) >= 11 is 5.92. The summed E-state index contributed by atoms with van der Waals surface area (Å²) in [6, 6.07) is 16.9. The number of nitrogens with one attached hydrogen (secondary N) is 1. The van der Waals surface area contributed by atoms with Gasteiger partial charge in [0.05, 0.1) is 17.3 Å². The molecule has 23 heavy (non-hydrogen) atoms. The lowest BCUT2D eigenvalue weighted by Gasteiger charge is -2.09. The molecule has 1 aliphatic heterocycles. The zero-order valence-corrected chi connectivity index (χ0v) is 12.9. The molecular formula is C18H13ClN2O2. The number of nitrogens with zero attached hydrogens (tertiary/aromatic N) is 1. The Morgan fingerprint density at radius 3 is 2.74 bits per heavy atom. The minimum absolute atomic E-state index is 0.0353. The molecule has 2 aromatic carbocycles. The van der Waals surface area contributed by atoms with Gasteiger partial charge in [-0.25, -0.2) is 4.79 Å². The molecule has 5 heteroatoms. The summed E-state index contributed by atoms with van der Waals surface area (Å²) in [5.41, 5.74) is 5.61. The Hall–Kier alpha value is -2.59. The van der Waals surface area contributed by atoms with Crippen molar-refractivity contribution in [2.75, 3.05) is 0 Å². The van der Waals surface area contributed by atoms with E-state index in [1.807, 2.05) is 48.5 Å². The van der Waals surface area contributed by atoms with Crippen molar-refractivity contribution in [2.24, 2.45) is 5.10 Å². The molecule has 0 saturated heterocycles. The maximum atomic E-state index is 12.2. The first-order valence-corrected chi connectivity index (χ1v) is 7.69. The minimum atomic E-state index is -0.360. The maximum absolute atomic E-state index is 12.2. The second kappa shape index (κ2) is 5.56. The van der Waals surface area contributed by atoms with Gasteiger partial charge in [-0.05, 0) is 29.8 Å². The number of hydrazone groups is 1. The van der Waals surface area contributed by atoms with Gasteiger partial charge in [0.1, 0.15) is 5.58 Å². The second-order valence-electron chi connectivity index (χ2n) is 5.48. The molecule has 114 valence electrons. The number of hydrogen-bond acceptors (Lipinski definition) is 4. The Morgan fingerprint density at radius 1 is 1.13 bits per heavy atom. The fourth-order valence-electron chi connectivity index (χ4n) is 2.76. The number of para-hydroxylation sites is 1. The van der Waals surface area contributed by atoms with Gasteiger partial charge >= 0.3 is 5.63 Å². The summed E-state index contributed by atoms with van der Waals surface area (Å²) in [7, 11) is 0. The van der Waals surface area contributed by atoms with E-state index in [0.717, 1.165) is 10.9 Å². The topological polar surface area (TPSA) is 54.6 Å². The summed E-state index contributed by atoms with van der Waals surface area (Å²) in [6.07, 6.45) is 0.630. The Bertz CT molecular complexity index is 961. The van der Waals surface area contributed by atoms with Crippen LogP contribution >= 0.6 is 11.6 Å². The summed E-state index contributed by atoms with van der Waals surface area (Å²) in [6.45, 7) is 0. The van der Waals surface area contributed by atoms with E-state index in [2.05, 4.69) is 10.5 Å². The number of rotatable bonds is 2. The molecule has 1 aliphatic rings. The van der Waals surface area contributed by atoms with E-state index >= 15 is 0 Å². The highest BCUT2D eigenvalue weighted by molar-refractivity contribution is 6.30. The van der Waals surface area contributed by atoms with E-state index in [4.69, 9.17) is 16.0 Å². The quantitative estimate of drug-likeness (QED) is 0.728. The van der Waals surface area contributed by atoms with Crippen LogP contribution in [0.25, 0.3) is 11.0 Å². The van der Waals surface area contributed by atoms with Gasteiger partial charge in [0.25, 0.3) is 0 Å². The Kier molecular flexibility index (Phi) is 3.39. The molecule has 0 amide bonds. The molecule has 0 unspecified atom stereocenters. The van der Waals surface area contributed by atoms with Crippen molar-refractivity contribution in [2.45, 2.75) is 12.5 Å². The van der Waals surface area contributed by atoms with E-state index in [0.29, 0.717) is 28.3 Å². The van der Waals surface area contributed by atoms with E-state index in [-0.39, 0.29) is 11.7 Å². The zero-order valence-electron chi connectivity index (χ0n) is 12.1. The highest BCUT2D eigenvalue weighted by Gasteiger charge is 2.23. The van der Waals surface area contributed by atoms with E-state index in [1.54, 1.807) is 6.07 Å². The van der Waals surface area contributed by atoms with Crippen molar-refractivity contribution in [1.29, 1.82) is 0 Å². The first-order chi connectivity index (χ1) is 11.2. The molecule has 0 radical (unpaired) electrons. The lowest BCUT2D eigenvalue weighted by molar-refractivity contribution is 0.559. The first-order valence-electron chi connectivity index (χ1n) is 7.31. The van der Waals surface area contributed by atoms with Crippen LogP contribution in [0.5, 0.6) is 0 Å². The Morgan fingerprint density at radius 2 is 1.91 bits per heavy atom. The van der Waals surface area contributed by atoms with Gasteiger partial charge in [0, 0.05) is 16.8 Å². The van der Waals surface area contributed by atoms with Gasteiger partial charge in [-0.2, -0.15) is 5.10 Å². The highest BCUT2D eigenvalue weighted by atomic mass is 35.5. The summed E-state index contributed by atoms with van der Waals surface area (Å²) in [5.74, 6) is 0. The Balaban J connectivity index is 1.66. The van der Waals surface area contributed by atoms with Crippen LogP contribution in [0.3, 0.4) is 0 Å². The minimum Gasteiger partial charge on any atom is -0.422 e. The predicted octanol–water partition coefficient (Wildman–Crippen LogP) is 3.89. The molecule has 0 spiro atoms. The number of halogens is 1. The van der Waals surface area contributed by atoms with Crippen LogP contribution in [-0.4, -0.2) is 5.71 Å². The molecule has 4 nitrogen and oxygen atoms in total. The molecule has 3 aromatic rings. The van der Waals surface area contributed by atoms with E-state index in [9.17, 15) is 4.79 Å². The van der Waals surface area contributed by atoms with Crippen molar-refractivity contribution in [3.05, 3.63) is 81.2 Å². The number of hydrogen-bond donors (Lipinski definition) is 1. The van der Waals surface area contributed by atoms with Gasteiger partial charge in [-0.3, -0.25) is 0 Å². The average Bonchev–Trinajstić information content (AvgIpc) is 3.04. The third-order valence-corrected chi connectivity index (χ3v) is 4.23. The fourth-order valence-corrected chi connectivity index (χ4v) is 2.89. The van der Waals surface area contributed by atoms with Crippen LogP contribution in [0.1, 0.15) is 23.6 Å². The van der Waals surface area contributed by atoms with Gasteiger partial charge < -0.3 is 9.84 Å². The van der Waals surface area contributed by atoms with Crippen molar-refractivity contribution >= 4 is 28.3 Å². The SMILES string of the molecule is O=c1oc2ccccc2cc1C1=NN[C@@H](c2ccc(Cl)cc2)C1. The lowest BCUT2D eigenvalue weighted by atomic mass is 9.99. The first kappa shape index (κ1) is 14.0. The van der Waals surface area contributed by atoms with Crippen LogP contribution in [0.15, 0.2) is 68.9 Å². The highest BCUT2D eigenvalue weighted by Crippen LogP contribution is 2.25. The second-order valence-corrected chi connectivity index (χ2v) is 5.92. The van der Waals surface area contributed by atoms with Gasteiger partial charge in [-0.1, -0.05) is 41.9 Å². The average molecular weight is 325 g/mol. The van der Waals surface area contributed by atoms with Crippen molar-refractivity contribution in [3.8, 4) is 0 Å². The zero-order chi connectivity index (χ0) is 15.8. The standard InChI is InChI=1S/C18H13ClN2O2/c19-13-7-5-11(6-8-13)15-10-16(21-20-15)14-9-12-3-1-2-4-17(12)23-18(14)22/h1-9,15,20H,10H2/t15-/m1/s1. The molecular weight excluding hydrogens is 312 g/mol. The number of fused-ring (bicyclic) bond motifs is 1. The normalized spacial score (nSPS) is 17.1. The monoisotopic (exact) mass is 324 g/mol. The largest absolute Gasteiger partial charge is 0.422 e. The maximum Gasteiger partial charge on any atom is 0.345 e. The molecule has 0 saturated carbocycles.